The van der Waals surface area contributed by atoms with Crippen LogP contribution in [0.5, 0.6) is 5.75 Å². The highest BCUT2D eigenvalue weighted by Gasteiger charge is 2.26. The summed E-state index contributed by atoms with van der Waals surface area (Å²) in [5, 5.41) is 0. The molecule has 98 valence electrons. The van der Waals surface area contributed by atoms with Crippen LogP contribution in [0.2, 0.25) is 0 Å². The van der Waals surface area contributed by atoms with Crippen LogP contribution >= 0.6 is 15.9 Å². The summed E-state index contributed by atoms with van der Waals surface area (Å²) in [4.78, 5) is 14.3. The fourth-order valence-corrected chi connectivity index (χ4v) is 2.39. The third-order valence-corrected chi connectivity index (χ3v) is 3.51. The standard InChI is InChI=1S/C13H16BrNO3/c1-9-8-18-6-5-15(9)13(16)11-7-10(14)3-4-12(11)17-2/h3-4,7,9H,5-6,8H2,1-2H3. The number of nitrogens with zero attached hydrogens (tertiary/aromatic N) is 1. The van der Waals surface area contributed by atoms with Gasteiger partial charge in [0.2, 0.25) is 0 Å². The van der Waals surface area contributed by atoms with E-state index < -0.39 is 0 Å². The van der Waals surface area contributed by atoms with Gasteiger partial charge in [-0.1, -0.05) is 15.9 Å². The van der Waals surface area contributed by atoms with E-state index in [0.717, 1.165) is 4.47 Å². The van der Waals surface area contributed by atoms with Crippen molar-refractivity contribution < 1.29 is 14.3 Å². The maximum atomic E-state index is 12.5. The zero-order valence-corrected chi connectivity index (χ0v) is 12.1. The summed E-state index contributed by atoms with van der Waals surface area (Å²) in [7, 11) is 1.57. The molecule has 1 saturated heterocycles. The highest BCUT2D eigenvalue weighted by Crippen LogP contribution is 2.25. The lowest BCUT2D eigenvalue weighted by molar-refractivity contribution is 0.00344. The summed E-state index contributed by atoms with van der Waals surface area (Å²) in [6.07, 6.45) is 0. The molecule has 1 aromatic rings. The zero-order chi connectivity index (χ0) is 13.1. The van der Waals surface area contributed by atoms with Gasteiger partial charge in [-0.3, -0.25) is 4.79 Å². The molecule has 0 aliphatic carbocycles. The van der Waals surface area contributed by atoms with E-state index in [1.165, 1.54) is 0 Å². The van der Waals surface area contributed by atoms with Gasteiger partial charge in [-0.05, 0) is 25.1 Å². The van der Waals surface area contributed by atoms with Crippen molar-refractivity contribution in [3.63, 3.8) is 0 Å². The smallest absolute Gasteiger partial charge is 0.258 e. The van der Waals surface area contributed by atoms with E-state index in [4.69, 9.17) is 9.47 Å². The number of morpholine rings is 1. The van der Waals surface area contributed by atoms with Gasteiger partial charge >= 0.3 is 0 Å². The van der Waals surface area contributed by atoms with Gasteiger partial charge in [0.25, 0.3) is 5.91 Å². The molecule has 0 N–H and O–H groups in total. The number of ether oxygens (including phenoxy) is 2. The number of carbonyl (C=O) groups excluding carboxylic acids is 1. The largest absolute Gasteiger partial charge is 0.496 e. The Labute approximate surface area is 115 Å². The van der Waals surface area contributed by atoms with Gasteiger partial charge in [-0.15, -0.1) is 0 Å². The van der Waals surface area contributed by atoms with Crippen molar-refractivity contribution in [2.75, 3.05) is 26.9 Å². The Bertz CT molecular complexity index is 450. The van der Waals surface area contributed by atoms with Crippen LogP contribution < -0.4 is 4.74 Å². The summed E-state index contributed by atoms with van der Waals surface area (Å²) >= 11 is 3.38. The fourth-order valence-electron chi connectivity index (χ4n) is 2.03. The summed E-state index contributed by atoms with van der Waals surface area (Å²) in [6.45, 7) is 3.78. The van der Waals surface area contributed by atoms with Gasteiger partial charge in [-0.25, -0.2) is 0 Å². The quantitative estimate of drug-likeness (QED) is 0.841. The number of amides is 1. The number of hydrogen-bond donors (Lipinski definition) is 0. The second-order valence-electron chi connectivity index (χ2n) is 4.27. The first kappa shape index (κ1) is 13.4. The molecule has 1 heterocycles. The SMILES string of the molecule is COc1ccc(Br)cc1C(=O)N1CCOCC1C. The van der Waals surface area contributed by atoms with E-state index in [1.807, 2.05) is 17.9 Å². The normalized spacial score (nSPS) is 19.7. The van der Waals surface area contributed by atoms with Gasteiger partial charge in [0.15, 0.2) is 0 Å². The number of benzene rings is 1. The summed E-state index contributed by atoms with van der Waals surface area (Å²) in [5.41, 5.74) is 0.584. The molecule has 1 aliphatic heterocycles. The summed E-state index contributed by atoms with van der Waals surface area (Å²) in [6, 6.07) is 5.54. The van der Waals surface area contributed by atoms with Gasteiger partial charge in [0, 0.05) is 11.0 Å². The highest BCUT2D eigenvalue weighted by molar-refractivity contribution is 9.10. The van der Waals surface area contributed by atoms with Crippen LogP contribution in [0.3, 0.4) is 0 Å². The molecule has 2 rings (SSSR count). The molecule has 1 unspecified atom stereocenters. The third kappa shape index (κ3) is 2.67. The molecule has 1 amide bonds. The Morgan fingerprint density at radius 2 is 2.33 bits per heavy atom. The Morgan fingerprint density at radius 3 is 3.00 bits per heavy atom. The lowest BCUT2D eigenvalue weighted by Crippen LogP contribution is -2.47. The van der Waals surface area contributed by atoms with E-state index in [1.54, 1.807) is 19.2 Å². The Kier molecular flexibility index (Phi) is 4.24. The highest BCUT2D eigenvalue weighted by atomic mass is 79.9. The minimum atomic E-state index is -0.0102. The molecule has 0 bridgehead atoms. The van der Waals surface area contributed by atoms with E-state index >= 15 is 0 Å². The Hall–Kier alpha value is -1.07. The predicted molar refractivity (Wildman–Crippen MR) is 72.0 cm³/mol. The van der Waals surface area contributed by atoms with Crippen molar-refractivity contribution >= 4 is 21.8 Å². The van der Waals surface area contributed by atoms with Gasteiger partial charge in [0.05, 0.1) is 31.9 Å². The molecule has 0 aromatic heterocycles. The number of methoxy groups -OCH3 is 1. The van der Waals surface area contributed by atoms with Crippen LogP contribution in [0.1, 0.15) is 17.3 Å². The topological polar surface area (TPSA) is 38.8 Å². The number of halogens is 1. The van der Waals surface area contributed by atoms with Crippen LogP contribution in [-0.4, -0.2) is 43.7 Å². The minimum absolute atomic E-state index is 0.0102. The molecule has 1 atom stereocenters. The van der Waals surface area contributed by atoms with E-state index in [9.17, 15) is 4.79 Å². The Morgan fingerprint density at radius 1 is 1.56 bits per heavy atom. The average Bonchev–Trinajstić information content (AvgIpc) is 2.38. The Balaban J connectivity index is 2.29. The van der Waals surface area contributed by atoms with Crippen LogP contribution in [0, 0.1) is 0 Å². The summed E-state index contributed by atoms with van der Waals surface area (Å²) < 4.78 is 11.5. The van der Waals surface area contributed by atoms with Crippen LogP contribution in [0.15, 0.2) is 22.7 Å². The second kappa shape index (κ2) is 5.71. The molecule has 5 heteroatoms. The monoisotopic (exact) mass is 313 g/mol. The molecule has 0 radical (unpaired) electrons. The van der Waals surface area contributed by atoms with E-state index in [-0.39, 0.29) is 11.9 Å². The van der Waals surface area contributed by atoms with Crippen LogP contribution in [-0.2, 0) is 4.74 Å². The molecule has 0 spiro atoms. The lowest BCUT2D eigenvalue weighted by atomic mass is 10.1. The first-order chi connectivity index (χ1) is 8.63. The van der Waals surface area contributed by atoms with Crippen LogP contribution in [0.4, 0.5) is 0 Å². The first-order valence-electron chi connectivity index (χ1n) is 5.85. The molecule has 1 fully saturated rings. The average molecular weight is 314 g/mol. The number of hydrogen-bond acceptors (Lipinski definition) is 3. The fraction of sp³-hybridized carbons (Fsp3) is 0.462. The second-order valence-corrected chi connectivity index (χ2v) is 5.18. The first-order valence-corrected chi connectivity index (χ1v) is 6.65. The molecular weight excluding hydrogens is 298 g/mol. The van der Waals surface area contributed by atoms with Crippen molar-refractivity contribution in [1.29, 1.82) is 0 Å². The van der Waals surface area contributed by atoms with E-state index in [2.05, 4.69) is 15.9 Å². The van der Waals surface area contributed by atoms with Crippen molar-refractivity contribution in [3.05, 3.63) is 28.2 Å². The molecule has 1 aliphatic rings. The van der Waals surface area contributed by atoms with E-state index in [0.29, 0.717) is 31.1 Å². The molecular formula is C13H16BrNO3. The third-order valence-electron chi connectivity index (χ3n) is 3.02. The number of carbonyl (C=O) groups is 1. The maximum absolute atomic E-state index is 12.5. The molecule has 18 heavy (non-hydrogen) atoms. The van der Waals surface area contributed by atoms with Gasteiger partial charge < -0.3 is 14.4 Å². The van der Waals surface area contributed by atoms with Crippen molar-refractivity contribution in [1.82, 2.24) is 4.90 Å². The maximum Gasteiger partial charge on any atom is 0.258 e. The number of rotatable bonds is 2. The molecule has 4 nitrogen and oxygen atoms in total. The lowest BCUT2D eigenvalue weighted by Gasteiger charge is -2.33. The predicted octanol–water partition coefficient (Wildman–Crippen LogP) is 2.32. The van der Waals surface area contributed by atoms with Crippen molar-refractivity contribution in [2.24, 2.45) is 0 Å². The molecule has 0 saturated carbocycles. The zero-order valence-electron chi connectivity index (χ0n) is 10.5. The van der Waals surface area contributed by atoms with Crippen molar-refractivity contribution in [3.8, 4) is 5.75 Å². The summed E-state index contributed by atoms with van der Waals surface area (Å²) in [5.74, 6) is 0.589. The van der Waals surface area contributed by atoms with Crippen LogP contribution in [0.25, 0.3) is 0 Å². The van der Waals surface area contributed by atoms with Gasteiger partial charge in [-0.2, -0.15) is 0 Å². The van der Waals surface area contributed by atoms with Gasteiger partial charge in [0.1, 0.15) is 5.75 Å². The van der Waals surface area contributed by atoms with Crippen molar-refractivity contribution in [2.45, 2.75) is 13.0 Å². The molecule has 1 aromatic carbocycles. The minimum Gasteiger partial charge on any atom is -0.496 e.